The maximum atomic E-state index is 12.5. The molecule has 102 valence electrons. The summed E-state index contributed by atoms with van der Waals surface area (Å²) in [6.45, 7) is 0. The summed E-state index contributed by atoms with van der Waals surface area (Å²) in [4.78, 5) is 12.5. The van der Waals surface area contributed by atoms with E-state index in [1.807, 2.05) is 42.5 Å². The van der Waals surface area contributed by atoms with Crippen LogP contribution in [0.25, 0.3) is 0 Å². The molecule has 0 heterocycles. The van der Waals surface area contributed by atoms with E-state index in [4.69, 9.17) is 11.6 Å². The predicted octanol–water partition coefficient (Wildman–Crippen LogP) is 5.03. The van der Waals surface area contributed by atoms with Crippen molar-refractivity contribution in [3.05, 3.63) is 70.2 Å². The fourth-order valence-electron chi connectivity index (χ4n) is 2.75. The number of hydrogen-bond acceptors (Lipinski definition) is 1. The van der Waals surface area contributed by atoms with E-state index in [1.54, 1.807) is 0 Å². The molecule has 0 saturated heterocycles. The van der Waals surface area contributed by atoms with Gasteiger partial charge < -0.3 is 0 Å². The number of carbonyl (C=O) groups excluding carboxylic acids is 1. The number of halogens is 1. The molecule has 0 unspecified atom stereocenters. The number of rotatable bonds is 4. The molecule has 0 spiro atoms. The molecule has 0 atom stereocenters. The third-order valence-corrected chi connectivity index (χ3v) is 4.30. The topological polar surface area (TPSA) is 17.1 Å². The van der Waals surface area contributed by atoms with E-state index in [-0.39, 0.29) is 5.78 Å². The van der Waals surface area contributed by atoms with Crippen molar-refractivity contribution in [3.8, 4) is 0 Å². The van der Waals surface area contributed by atoms with Gasteiger partial charge in [0.1, 0.15) is 0 Å². The molecular formula is C18H17ClO. The zero-order chi connectivity index (χ0) is 13.9. The van der Waals surface area contributed by atoms with Gasteiger partial charge in [-0.2, -0.15) is 0 Å². The summed E-state index contributed by atoms with van der Waals surface area (Å²) in [6, 6.07) is 15.6. The van der Waals surface area contributed by atoms with Crippen LogP contribution in [0.4, 0.5) is 0 Å². The van der Waals surface area contributed by atoms with Crippen molar-refractivity contribution in [2.75, 3.05) is 0 Å². The molecule has 1 aliphatic rings. The fraction of sp³-hybridized carbons (Fsp3) is 0.278. The molecule has 0 aromatic heterocycles. The zero-order valence-corrected chi connectivity index (χ0v) is 12.1. The second-order valence-electron chi connectivity index (χ2n) is 5.44. The van der Waals surface area contributed by atoms with Crippen molar-refractivity contribution in [1.82, 2.24) is 0 Å². The number of hydrogen-bond donors (Lipinski definition) is 0. The Balaban J connectivity index is 1.83. The highest BCUT2D eigenvalue weighted by atomic mass is 35.5. The van der Waals surface area contributed by atoms with Gasteiger partial charge in [-0.1, -0.05) is 54.4 Å². The van der Waals surface area contributed by atoms with Crippen LogP contribution in [0.15, 0.2) is 48.5 Å². The molecule has 0 radical (unpaired) electrons. The van der Waals surface area contributed by atoms with Crippen molar-refractivity contribution in [3.63, 3.8) is 0 Å². The van der Waals surface area contributed by atoms with Crippen LogP contribution in [0, 0.1) is 0 Å². The monoisotopic (exact) mass is 284 g/mol. The van der Waals surface area contributed by atoms with Crippen LogP contribution in [0.3, 0.4) is 0 Å². The first-order chi connectivity index (χ1) is 9.74. The van der Waals surface area contributed by atoms with Crippen molar-refractivity contribution in [1.29, 1.82) is 0 Å². The summed E-state index contributed by atoms with van der Waals surface area (Å²) in [7, 11) is 0. The van der Waals surface area contributed by atoms with E-state index in [0.717, 1.165) is 11.1 Å². The Hall–Kier alpha value is -1.60. The number of benzene rings is 2. The lowest BCUT2D eigenvalue weighted by Gasteiger charge is -2.27. The smallest absolute Gasteiger partial charge is 0.167 e. The largest absolute Gasteiger partial charge is 0.294 e. The Morgan fingerprint density at radius 2 is 1.90 bits per heavy atom. The van der Waals surface area contributed by atoms with Gasteiger partial charge in [0.2, 0.25) is 0 Å². The highest BCUT2D eigenvalue weighted by Gasteiger charge is 2.24. The molecule has 0 amide bonds. The first-order valence-electron chi connectivity index (χ1n) is 7.10. The summed E-state index contributed by atoms with van der Waals surface area (Å²) in [5.41, 5.74) is 3.09. The second kappa shape index (κ2) is 5.80. The normalized spacial score (nSPS) is 14.8. The Morgan fingerprint density at radius 3 is 2.60 bits per heavy atom. The third-order valence-electron chi connectivity index (χ3n) is 4.06. The van der Waals surface area contributed by atoms with Gasteiger partial charge in [-0.25, -0.2) is 0 Å². The Morgan fingerprint density at radius 1 is 1.10 bits per heavy atom. The molecular weight excluding hydrogens is 268 g/mol. The molecule has 1 saturated carbocycles. The highest BCUT2D eigenvalue weighted by molar-refractivity contribution is 6.30. The lowest BCUT2D eigenvalue weighted by atomic mass is 9.77. The van der Waals surface area contributed by atoms with Crippen LogP contribution in [-0.4, -0.2) is 5.78 Å². The summed E-state index contributed by atoms with van der Waals surface area (Å²) in [5, 5.41) is 0.683. The van der Waals surface area contributed by atoms with E-state index in [2.05, 4.69) is 6.07 Å². The van der Waals surface area contributed by atoms with Crippen molar-refractivity contribution >= 4 is 17.4 Å². The van der Waals surface area contributed by atoms with Crippen molar-refractivity contribution in [2.24, 2.45) is 0 Å². The van der Waals surface area contributed by atoms with Crippen LogP contribution in [0.2, 0.25) is 5.02 Å². The predicted molar refractivity (Wildman–Crippen MR) is 82.5 cm³/mol. The molecule has 3 rings (SSSR count). The Bertz CT molecular complexity index is 629. The van der Waals surface area contributed by atoms with Gasteiger partial charge in [0, 0.05) is 17.0 Å². The molecule has 1 aliphatic carbocycles. The Kier molecular flexibility index (Phi) is 3.88. The van der Waals surface area contributed by atoms with Gasteiger partial charge >= 0.3 is 0 Å². The highest BCUT2D eigenvalue weighted by Crippen LogP contribution is 2.38. The minimum Gasteiger partial charge on any atom is -0.294 e. The summed E-state index contributed by atoms with van der Waals surface area (Å²) in [5.74, 6) is 0.768. The molecule has 1 fully saturated rings. The quantitative estimate of drug-likeness (QED) is 0.720. The van der Waals surface area contributed by atoms with Gasteiger partial charge in [0.05, 0.1) is 0 Å². The van der Waals surface area contributed by atoms with Gasteiger partial charge in [-0.05, 0) is 42.0 Å². The van der Waals surface area contributed by atoms with Gasteiger partial charge in [0.25, 0.3) is 0 Å². The minimum absolute atomic E-state index is 0.190. The lowest BCUT2D eigenvalue weighted by molar-refractivity contribution is 0.0991. The molecule has 0 N–H and O–H groups in total. The van der Waals surface area contributed by atoms with E-state index < -0.39 is 0 Å². The molecule has 0 aliphatic heterocycles. The molecule has 2 aromatic rings. The SMILES string of the molecule is O=C(Cc1cccc(Cl)c1)c1ccccc1C1CCC1. The van der Waals surface area contributed by atoms with Gasteiger partial charge in [-0.3, -0.25) is 4.79 Å². The first-order valence-corrected chi connectivity index (χ1v) is 7.48. The zero-order valence-electron chi connectivity index (χ0n) is 11.3. The number of carbonyl (C=O) groups is 1. The fourth-order valence-corrected chi connectivity index (χ4v) is 2.97. The van der Waals surface area contributed by atoms with Crippen LogP contribution in [0.1, 0.15) is 46.7 Å². The third kappa shape index (κ3) is 2.78. The van der Waals surface area contributed by atoms with Crippen LogP contribution < -0.4 is 0 Å². The van der Waals surface area contributed by atoms with E-state index in [1.165, 1.54) is 24.8 Å². The van der Waals surface area contributed by atoms with Crippen molar-refractivity contribution in [2.45, 2.75) is 31.6 Å². The molecule has 20 heavy (non-hydrogen) atoms. The average molecular weight is 285 g/mol. The van der Waals surface area contributed by atoms with E-state index >= 15 is 0 Å². The van der Waals surface area contributed by atoms with Gasteiger partial charge in [-0.15, -0.1) is 0 Å². The summed E-state index contributed by atoms with van der Waals surface area (Å²) in [6.07, 6.45) is 4.12. The maximum Gasteiger partial charge on any atom is 0.167 e. The maximum absolute atomic E-state index is 12.5. The number of ketones is 1. The van der Waals surface area contributed by atoms with Gasteiger partial charge in [0.15, 0.2) is 5.78 Å². The lowest BCUT2D eigenvalue weighted by Crippen LogP contribution is -2.15. The summed E-state index contributed by atoms with van der Waals surface area (Å²) < 4.78 is 0. The average Bonchev–Trinajstić information content (AvgIpc) is 2.37. The van der Waals surface area contributed by atoms with Crippen molar-refractivity contribution < 1.29 is 4.79 Å². The standard InChI is InChI=1S/C18H17ClO/c19-15-8-3-5-13(11-15)12-18(20)17-10-2-1-9-16(17)14-6-4-7-14/h1-3,5,8-11,14H,4,6-7,12H2. The molecule has 0 bridgehead atoms. The van der Waals surface area contributed by atoms with Crippen LogP contribution >= 0.6 is 11.6 Å². The number of Topliss-reactive ketones (excluding diaryl/α,β-unsaturated/α-hetero) is 1. The van der Waals surface area contributed by atoms with E-state index in [9.17, 15) is 4.79 Å². The Labute approximate surface area is 124 Å². The van der Waals surface area contributed by atoms with E-state index in [0.29, 0.717) is 17.4 Å². The van der Waals surface area contributed by atoms with Crippen LogP contribution in [0.5, 0.6) is 0 Å². The second-order valence-corrected chi connectivity index (χ2v) is 5.88. The summed E-state index contributed by atoms with van der Waals surface area (Å²) >= 11 is 5.98. The van der Waals surface area contributed by atoms with Crippen LogP contribution in [-0.2, 0) is 6.42 Å². The minimum atomic E-state index is 0.190. The molecule has 2 heteroatoms. The molecule has 2 aromatic carbocycles. The first kappa shape index (κ1) is 13.4. The molecule has 1 nitrogen and oxygen atoms in total.